The van der Waals surface area contributed by atoms with E-state index in [1.54, 1.807) is 24.1 Å². The molecule has 9 heteroatoms. The van der Waals surface area contributed by atoms with Crippen LogP contribution in [0.5, 0.6) is 11.6 Å². The maximum atomic E-state index is 5.83. The van der Waals surface area contributed by atoms with Crippen molar-refractivity contribution in [2.24, 2.45) is 7.05 Å². The zero-order chi connectivity index (χ0) is 18.9. The fourth-order valence-corrected chi connectivity index (χ4v) is 2.96. The summed E-state index contributed by atoms with van der Waals surface area (Å²) in [5.41, 5.74) is 3.69. The van der Waals surface area contributed by atoms with Crippen molar-refractivity contribution in [1.29, 1.82) is 0 Å². The highest BCUT2D eigenvalue weighted by molar-refractivity contribution is 5.87. The summed E-state index contributed by atoms with van der Waals surface area (Å²) >= 11 is 0. The van der Waals surface area contributed by atoms with Crippen LogP contribution < -0.4 is 9.62 Å². The summed E-state index contributed by atoms with van der Waals surface area (Å²) in [5, 5.41) is 11.5. The lowest BCUT2D eigenvalue weighted by molar-refractivity contribution is -0.215. The van der Waals surface area contributed by atoms with Crippen LogP contribution in [0.3, 0.4) is 0 Å². The van der Waals surface area contributed by atoms with Gasteiger partial charge in [-0.15, -0.1) is 0 Å². The quantitative estimate of drug-likeness (QED) is 0.471. The largest absolute Gasteiger partial charge is 0.490 e. The first kappa shape index (κ1) is 16.5. The molecule has 1 N–H and O–H groups in total. The van der Waals surface area contributed by atoms with E-state index in [4.69, 9.17) is 14.5 Å². The van der Waals surface area contributed by atoms with Crippen LogP contribution in [0.4, 0.5) is 0 Å². The highest BCUT2D eigenvalue weighted by atomic mass is 17.2. The van der Waals surface area contributed by atoms with Gasteiger partial charge in [-0.25, -0.2) is 14.6 Å². The number of para-hydroxylation sites is 1. The molecule has 1 aliphatic heterocycles. The van der Waals surface area contributed by atoms with Crippen LogP contribution >= 0.6 is 0 Å². The fourth-order valence-electron chi connectivity index (χ4n) is 2.96. The Hall–Kier alpha value is -3.72. The molecule has 0 saturated carbocycles. The normalized spacial score (nSPS) is 15.0. The first-order chi connectivity index (χ1) is 13.8. The third kappa shape index (κ3) is 2.87. The average molecular weight is 376 g/mol. The molecule has 0 aliphatic carbocycles. The summed E-state index contributed by atoms with van der Waals surface area (Å²) in [6.45, 7) is 0.569. The van der Waals surface area contributed by atoms with Gasteiger partial charge in [0.1, 0.15) is 41.3 Å². The SMILES string of the molecule is Cn1ncc2c1OOCCOc1ccccc1/C=C/c1n[nH]c3cnc-2nc13. The zero-order valence-electron chi connectivity index (χ0n) is 15.0. The third-order valence-electron chi connectivity index (χ3n) is 4.36. The lowest BCUT2D eigenvalue weighted by atomic mass is 10.1. The second-order valence-electron chi connectivity index (χ2n) is 6.18. The Balaban J connectivity index is 1.66. The molecular weight excluding hydrogens is 360 g/mol. The second-order valence-corrected chi connectivity index (χ2v) is 6.18. The summed E-state index contributed by atoms with van der Waals surface area (Å²) < 4.78 is 7.39. The topological polar surface area (TPSA) is 100.0 Å². The Morgan fingerprint density at radius 1 is 1.11 bits per heavy atom. The van der Waals surface area contributed by atoms with Crippen molar-refractivity contribution in [2.45, 2.75) is 0 Å². The molecule has 0 saturated heterocycles. The van der Waals surface area contributed by atoms with Crippen LogP contribution in [-0.2, 0) is 11.9 Å². The van der Waals surface area contributed by atoms with Crippen LogP contribution in [0, 0.1) is 0 Å². The van der Waals surface area contributed by atoms with Gasteiger partial charge in [-0.1, -0.05) is 18.2 Å². The van der Waals surface area contributed by atoms with Gasteiger partial charge in [-0.05, 0) is 18.2 Å². The van der Waals surface area contributed by atoms with Gasteiger partial charge in [0.05, 0.1) is 12.4 Å². The third-order valence-corrected chi connectivity index (χ3v) is 4.36. The van der Waals surface area contributed by atoms with Crippen LogP contribution in [0.15, 0.2) is 36.7 Å². The maximum absolute atomic E-state index is 5.83. The number of benzene rings is 1. The number of hydrogen-bond acceptors (Lipinski definition) is 7. The molecule has 5 rings (SSSR count). The number of rotatable bonds is 0. The van der Waals surface area contributed by atoms with E-state index in [-0.39, 0.29) is 6.61 Å². The molecule has 0 unspecified atom stereocenters. The average Bonchev–Trinajstić information content (AvgIpc) is 3.29. The first-order valence-corrected chi connectivity index (χ1v) is 8.72. The Kier molecular flexibility index (Phi) is 3.99. The number of hydrogen-bond donors (Lipinski definition) is 1. The van der Waals surface area contributed by atoms with Gasteiger partial charge in [-0.3, -0.25) is 5.10 Å². The molecule has 140 valence electrons. The highest BCUT2D eigenvalue weighted by Gasteiger charge is 2.18. The van der Waals surface area contributed by atoms with Gasteiger partial charge in [0.2, 0.25) is 0 Å². The monoisotopic (exact) mass is 376 g/mol. The number of H-pyrrole nitrogens is 1. The van der Waals surface area contributed by atoms with Gasteiger partial charge in [0.25, 0.3) is 5.88 Å². The van der Waals surface area contributed by atoms with E-state index in [9.17, 15) is 0 Å². The molecule has 9 nitrogen and oxygen atoms in total. The molecule has 0 spiro atoms. The van der Waals surface area contributed by atoms with E-state index in [1.807, 2.05) is 36.4 Å². The lowest BCUT2D eigenvalue weighted by Gasteiger charge is -2.10. The van der Waals surface area contributed by atoms with Crippen LogP contribution in [0.1, 0.15) is 11.3 Å². The van der Waals surface area contributed by atoms with Crippen molar-refractivity contribution in [2.75, 3.05) is 13.2 Å². The van der Waals surface area contributed by atoms with Gasteiger partial charge in [-0.2, -0.15) is 15.1 Å². The Morgan fingerprint density at radius 2 is 2.04 bits per heavy atom. The Labute approximate surface area is 159 Å². The van der Waals surface area contributed by atoms with Crippen molar-refractivity contribution >= 4 is 23.2 Å². The second kappa shape index (κ2) is 6.78. The summed E-state index contributed by atoms with van der Waals surface area (Å²) in [6.07, 6.45) is 7.17. The molecule has 4 aromatic rings. The molecule has 2 bridgehead atoms. The summed E-state index contributed by atoms with van der Waals surface area (Å²) in [7, 11) is 1.76. The van der Waals surface area contributed by atoms with Gasteiger partial charge in [0, 0.05) is 12.6 Å². The van der Waals surface area contributed by atoms with Crippen LogP contribution in [-0.4, -0.2) is 43.2 Å². The van der Waals surface area contributed by atoms with E-state index >= 15 is 0 Å². The number of fused-ring (bicyclic) bond motifs is 4. The van der Waals surface area contributed by atoms with Gasteiger partial charge >= 0.3 is 0 Å². The predicted octanol–water partition coefficient (Wildman–Crippen LogP) is 2.63. The molecule has 0 radical (unpaired) electrons. The highest BCUT2D eigenvalue weighted by Crippen LogP contribution is 2.29. The zero-order valence-corrected chi connectivity index (χ0v) is 15.0. The fraction of sp³-hybridized carbons (Fsp3) is 0.158. The standard InChI is InChI=1S/C19H16N6O3/c1-25-19-13(10-21-25)18-20-11-15-17(22-18)14(23-24-15)7-6-12-4-2-3-5-16(12)26-8-9-27-28-19/h2-7,10-11H,8-9H2,1H3,(H,23,24)/b7-6+. The predicted molar refractivity (Wildman–Crippen MR) is 101 cm³/mol. The van der Waals surface area contributed by atoms with E-state index in [1.165, 1.54) is 0 Å². The molecule has 28 heavy (non-hydrogen) atoms. The summed E-state index contributed by atoms with van der Waals surface area (Å²) in [6, 6.07) is 7.75. The maximum Gasteiger partial charge on any atom is 0.265 e. The number of aromatic amines is 1. The number of ether oxygens (including phenoxy) is 1. The van der Waals surface area contributed by atoms with Crippen LogP contribution in [0.2, 0.25) is 0 Å². The first-order valence-electron chi connectivity index (χ1n) is 8.72. The molecule has 1 aliphatic rings. The number of aryl methyl sites for hydroxylation is 1. The van der Waals surface area contributed by atoms with E-state index in [2.05, 4.69) is 25.3 Å². The minimum atomic E-state index is 0.240. The number of aromatic nitrogens is 6. The van der Waals surface area contributed by atoms with Crippen molar-refractivity contribution in [3.63, 3.8) is 0 Å². The van der Waals surface area contributed by atoms with Crippen LogP contribution in [0.25, 0.3) is 34.6 Å². The van der Waals surface area contributed by atoms with E-state index < -0.39 is 0 Å². The molecule has 1 aromatic carbocycles. The molecule has 3 aromatic heterocycles. The van der Waals surface area contributed by atoms with Crippen molar-refractivity contribution in [3.05, 3.63) is 47.9 Å². The summed E-state index contributed by atoms with van der Waals surface area (Å²) in [5.74, 6) is 1.63. The minimum Gasteiger partial charge on any atom is -0.490 e. The van der Waals surface area contributed by atoms with E-state index in [0.717, 1.165) is 16.8 Å². The molecule has 0 atom stereocenters. The van der Waals surface area contributed by atoms with Crippen molar-refractivity contribution in [1.82, 2.24) is 29.9 Å². The Bertz CT molecular complexity index is 1180. The van der Waals surface area contributed by atoms with Crippen molar-refractivity contribution < 1.29 is 14.5 Å². The van der Waals surface area contributed by atoms with Gasteiger partial charge in [0.15, 0.2) is 5.82 Å². The number of nitrogens with one attached hydrogen (secondary N) is 1. The van der Waals surface area contributed by atoms with E-state index in [0.29, 0.717) is 35.1 Å². The molecule has 4 heterocycles. The number of nitrogens with zero attached hydrogens (tertiary/aromatic N) is 5. The minimum absolute atomic E-state index is 0.240. The lowest BCUT2D eigenvalue weighted by Crippen LogP contribution is -2.11. The smallest absolute Gasteiger partial charge is 0.265 e. The molecule has 0 amide bonds. The van der Waals surface area contributed by atoms with Gasteiger partial charge < -0.3 is 9.62 Å². The summed E-state index contributed by atoms with van der Waals surface area (Å²) in [4.78, 5) is 19.9. The molecule has 0 fully saturated rings. The molecular formula is C19H16N6O3. The van der Waals surface area contributed by atoms with Crippen molar-refractivity contribution in [3.8, 4) is 23.0 Å². The Morgan fingerprint density at radius 3 is 3.00 bits per heavy atom.